The van der Waals surface area contributed by atoms with E-state index >= 15 is 0 Å². The summed E-state index contributed by atoms with van der Waals surface area (Å²) < 4.78 is 16.3. The molecular weight excluding hydrogens is 544 g/mol. The Morgan fingerprint density at radius 3 is 2.37 bits per heavy atom. The molecule has 1 fully saturated rings. The Kier molecular flexibility index (Phi) is 7.84. The fourth-order valence-electron chi connectivity index (χ4n) is 4.52. The van der Waals surface area contributed by atoms with Gasteiger partial charge in [0.25, 0.3) is 5.78 Å². The van der Waals surface area contributed by atoms with Gasteiger partial charge in [-0.3, -0.25) is 14.5 Å². The molecule has 3 aromatic carbocycles. The zero-order chi connectivity index (χ0) is 29.1. The minimum Gasteiger partial charge on any atom is -0.507 e. The molecule has 0 spiro atoms. The summed E-state index contributed by atoms with van der Waals surface area (Å²) >= 11 is 0.933. The highest BCUT2D eigenvalue weighted by atomic mass is 32.1. The molecule has 4 aromatic rings. The third-order valence-electron chi connectivity index (χ3n) is 6.40. The molecule has 0 aliphatic carbocycles. The number of anilines is 1. The summed E-state index contributed by atoms with van der Waals surface area (Å²) in [6.45, 7) is 3.95. The first-order valence-corrected chi connectivity index (χ1v) is 13.6. The maximum Gasteiger partial charge on any atom is 0.350 e. The topological polar surface area (TPSA) is 115 Å². The van der Waals surface area contributed by atoms with Crippen LogP contribution in [0.3, 0.4) is 0 Å². The number of carbonyl (C=O) groups is 3. The van der Waals surface area contributed by atoms with E-state index in [1.165, 1.54) is 12.0 Å². The highest BCUT2D eigenvalue weighted by molar-refractivity contribution is 7.17. The second-order valence-electron chi connectivity index (χ2n) is 9.02. The molecule has 1 atom stereocenters. The molecule has 1 unspecified atom stereocenters. The lowest BCUT2D eigenvalue weighted by Gasteiger charge is -2.23. The van der Waals surface area contributed by atoms with Crippen LogP contribution < -0.4 is 14.4 Å². The number of esters is 1. The largest absolute Gasteiger partial charge is 0.507 e. The van der Waals surface area contributed by atoms with Crippen molar-refractivity contribution in [3.8, 4) is 17.2 Å². The van der Waals surface area contributed by atoms with Gasteiger partial charge in [-0.25, -0.2) is 9.78 Å². The molecule has 208 valence electrons. The van der Waals surface area contributed by atoms with Gasteiger partial charge in [0.15, 0.2) is 5.13 Å². The fraction of sp³-hybridized carbons (Fsp3) is 0.161. The lowest BCUT2D eigenvalue weighted by Crippen LogP contribution is -2.29. The third-order valence-corrected chi connectivity index (χ3v) is 7.53. The Bertz CT molecular complexity index is 1640. The summed E-state index contributed by atoms with van der Waals surface area (Å²) in [5.41, 5.74) is 1.06. The van der Waals surface area contributed by atoms with Gasteiger partial charge in [0.2, 0.25) is 0 Å². The van der Waals surface area contributed by atoms with Crippen LogP contribution in [0.5, 0.6) is 17.2 Å². The highest BCUT2D eigenvalue weighted by Gasteiger charge is 2.48. The van der Waals surface area contributed by atoms with Crippen molar-refractivity contribution in [2.75, 3.05) is 18.6 Å². The third kappa shape index (κ3) is 5.42. The van der Waals surface area contributed by atoms with Crippen molar-refractivity contribution in [2.45, 2.75) is 19.9 Å². The Hall–Kier alpha value is -4.96. The number of Topliss-reactive ketones (excluding diaryl/α,β-unsaturated/α-hetero) is 1. The van der Waals surface area contributed by atoms with E-state index in [9.17, 15) is 19.5 Å². The molecule has 9 nitrogen and oxygen atoms in total. The van der Waals surface area contributed by atoms with Gasteiger partial charge in [-0.2, -0.15) is 0 Å². The zero-order valence-corrected chi connectivity index (χ0v) is 23.3. The Balaban J connectivity index is 1.65. The molecule has 41 heavy (non-hydrogen) atoms. The quantitative estimate of drug-likeness (QED) is 0.118. The maximum atomic E-state index is 13.5. The van der Waals surface area contributed by atoms with Crippen LogP contribution in [0.2, 0.25) is 0 Å². The number of aliphatic hydroxyl groups excluding tert-OH is 1. The van der Waals surface area contributed by atoms with E-state index in [4.69, 9.17) is 14.2 Å². The first-order valence-electron chi connectivity index (χ1n) is 12.7. The van der Waals surface area contributed by atoms with Gasteiger partial charge in [-0.05, 0) is 67.9 Å². The number of benzene rings is 3. The molecule has 10 heteroatoms. The van der Waals surface area contributed by atoms with Crippen molar-refractivity contribution >= 4 is 39.9 Å². The number of nitrogens with zero attached hydrogens (tertiary/aromatic N) is 2. The van der Waals surface area contributed by atoms with Crippen LogP contribution in [0.15, 0.2) is 84.4 Å². The molecule has 0 radical (unpaired) electrons. The van der Waals surface area contributed by atoms with Crippen molar-refractivity contribution in [2.24, 2.45) is 0 Å². The number of aryl methyl sites for hydroxylation is 1. The van der Waals surface area contributed by atoms with Crippen molar-refractivity contribution < 1.29 is 33.7 Å². The van der Waals surface area contributed by atoms with E-state index < -0.39 is 23.7 Å². The van der Waals surface area contributed by atoms with Crippen LogP contribution in [0.25, 0.3) is 5.76 Å². The lowest BCUT2D eigenvalue weighted by molar-refractivity contribution is -0.132. The summed E-state index contributed by atoms with van der Waals surface area (Å²) in [5, 5.41) is 11.6. The highest BCUT2D eigenvalue weighted by Crippen LogP contribution is 2.44. The average Bonchev–Trinajstić information content (AvgIpc) is 3.49. The minimum absolute atomic E-state index is 0.120. The summed E-state index contributed by atoms with van der Waals surface area (Å²) in [6.07, 6.45) is 0. The number of aromatic nitrogens is 1. The molecule has 1 amide bonds. The second-order valence-corrected chi connectivity index (χ2v) is 9.99. The van der Waals surface area contributed by atoms with Gasteiger partial charge in [0.05, 0.1) is 31.0 Å². The minimum atomic E-state index is -1.06. The van der Waals surface area contributed by atoms with Crippen LogP contribution in [-0.4, -0.2) is 41.5 Å². The van der Waals surface area contributed by atoms with Crippen LogP contribution in [-0.2, 0) is 14.3 Å². The van der Waals surface area contributed by atoms with Crippen molar-refractivity contribution in [3.05, 3.63) is 106 Å². The number of ether oxygens (including phenoxy) is 3. The number of rotatable bonds is 8. The van der Waals surface area contributed by atoms with Gasteiger partial charge < -0.3 is 19.3 Å². The first kappa shape index (κ1) is 27.6. The van der Waals surface area contributed by atoms with E-state index in [1.807, 2.05) is 25.1 Å². The molecular formula is C31H26N2O7S. The number of thiazole rings is 1. The van der Waals surface area contributed by atoms with Crippen molar-refractivity contribution in [1.29, 1.82) is 0 Å². The van der Waals surface area contributed by atoms with Crippen LogP contribution in [0.1, 0.15) is 39.5 Å². The molecule has 5 rings (SSSR count). The molecule has 1 aliphatic rings. The Morgan fingerprint density at radius 2 is 1.68 bits per heavy atom. The fourth-order valence-corrected chi connectivity index (χ4v) is 5.53. The maximum absolute atomic E-state index is 13.5. The smallest absolute Gasteiger partial charge is 0.350 e. The van der Waals surface area contributed by atoms with Crippen molar-refractivity contribution in [1.82, 2.24) is 4.98 Å². The molecule has 0 bridgehead atoms. The van der Waals surface area contributed by atoms with Crippen LogP contribution in [0, 0.1) is 6.92 Å². The summed E-state index contributed by atoms with van der Waals surface area (Å²) in [6, 6.07) is 21.6. The van der Waals surface area contributed by atoms with Gasteiger partial charge in [-0.1, -0.05) is 41.7 Å². The van der Waals surface area contributed by atoms with E-state index in [0.717, 1.165) is 11.3 Å². The molecule has 1 aliphatic heterocycles. The van der Waals surface area contributed by atoms with Gasteiger partial charge >= 0.3 is 11.9 Å². The number of amides is 1. The zero-order valence-electron chi connectivity index (χ0n) is 22.5. The molecule has 2 heterocycles. The molecule has 0 saturated carbocycles. The molecule has 1 saturated heterocycles. The SMILES string of the molecule is CCOc1ccc(/C(O)=C2/C(=O)C(=O)N(c3nc(C)c(C(=O)OC)s3)C2c2cccc(Oc3ccccc3)c2)cc1. The second kappa shape index (κ2) is 11.6. The van der Waals surface area contributed by atoms with Crippen LogP contribution >= 0.6 is 11.3 Å². The predicted molar refractivity (Wildman–Crippen MR) is 154 cm³/mol. The molecule has 1 N–H and O–H groups in total. The van der Waals surface area contributed by atoms with Gasteiger partial charge in [0.1, 0.15) is 27.9 Å². The van der Waals surface area contributed by atoms with Gasteiger partial charge in [0, 0.05) is 5.56 Å². The van der Waals surface area contributed by atoms with E-state index in [-0.39, 0.29) is 21.3 Å². The molecule has 1 aromatic heterocycles. The number of hydrogen-bond acceptors (Lipinski definition) is 9. The number of methoxy groups -OCH3 is 1. The number of hydrogen-bond donors (Lipinski definition) is 1. The normalized spacial score (nSPS) is 16.1. The summed E-state index contributed by atoms with van der Waals surface area (Å²) in [7, 11) is 1.25. The monoisotopic (exact) mass is 570 g/mol. The lowest BCUT2D eigenvalue weighted by atomic mass is 9.95. The summed E-state index contributed by atoms with van der Waals surface area (Å²) in [5.74, 6) is -1.07. The number of para-hydroxylation sites is 1. The summed E-state index contributed by atoms with van der Waals surface area (Å²) in [4.78, 5) is 45.2. The number of aliphatic hydroxyl groups is 1. The Labute approximate surface area is 240 Å². The number of ketones is 1. The van der Waals surface area contributed by atoms with Crippen molar-refractivity contribution in [3.63, 3.8) is 0 Å². The first-order chi connectivity index (χ1) is 19.8. The Morgan fingerprint density at radius 1 is 0.976 bits per heavy atom. The van der Waals surface area contributed by atoms with Gasteiger partial charge in [-0.15, -0.1) is 0 Å². The predicted octanol–water partition coefficient (Wildman–Crippen LogP) is 6.06. The van der Waals surface area contributed by atoms with E-state index in [0.29, 0.717) is 40.7 Å². The van der Waals surface area contributed by atoms with Crippen LogP contribution in [0.4, 0.5) is 5.13 Å². The average molecular weight is 571 g/mol. The standard InChI is InChI=1S/C31H26N2O7S/c1-4-39-21-15-13-19(14-16-21)26(34)24-25(20-9-8-12-23(17-20)40-22-10-6-5-7-11-22)33(29(36)27(24)35)31-32-18(2)28(41-31)30(37)38-3/h5-17,25,34H,4H2,1-3H3/b26-24-. The van der Waals surface area contributed by atoms with E-state index in [2.05, 4.69) is 4.98 Å². The van der Waals surface area contributed by atoms with E-state index in [1.54, 1.807) is 67.6 Å². The number of carbonyl (C=O) groups excluding carboxylic acids is 3.